The van der Waals surface area contributed by atoms with E-state index in [1.807, 2.05) is 21.6 Å². The number of nitrogens with one attached hydrogen (secondary N) is 2. The molecule has 0 unspecified atom stereocenters. The number of hydrogen-bond donors (Lipinski definition) is 2. The fourth-order valence-electron chi connectivity index (χ4n) is 3.73. The van der Waals surface area contributed by atoms with E-state index >= 15 is 0 Å². The van der Waals surface area contributed by atoms with Gasteiger partial charge in [-0.25, -0.2) is 0 Å². The summed E-state index contributed by atoms with van der Waals surface area (Å²) in [5, 5.41) is 6.82. The van der Waals surface area contributed by atoms with Gasteiger partial charge in [0.05, 0.1) is 0 Å². The van der Waals surface area contributed by atoms with E-state index < -0.39 is 0 Å². The van der Waals surface area contributed by atoms with Crippen molar-refractivity contribution in [2.45, 2.75) is 95.6 Å². The number of hydrogen-bond acceptors (Lipinski definition) is 6. The van der Waals surface area contributed by atoms with Crippen LogP contribution in [0.2, 0.25) is 0 Å². The molecule has 0 spiro atoms. The Balaban J connectivity index is 1.82. The number of carbonyl (C=O) groups is 2. The molecule has 0 bridgehead atoms. The second-order valence-electron chi connectivity index (χ2n) is 9.52. The lowest BCUT2D eigenvalue weighted by Gasteiger charge is -2.07. The molecule has 2 N–H and O–H groups in total. The Hall–Kier alpha value is -0.960. The summed E-state index contributed by atoms with van der Waals surface area (Å²) in [4.78, 5) is 23.9. The topological polar surface area (TPSA) is 58.2 Å². The molecule has 0 aromatic heterocycles. The second kappa shape index (κ2) is 29.5. The third-order valence-electron chi connectivity index (χ3n) is 5.94. The van der Waals surface area contributed by atoms with Crippen LogP contribution in [0, 0.1) is 0 Å². The van der Waals surface area contributed by atoms with Gasteiger partial charge < -0.3 is 10.6 Å². The summed E-state index contributed by atoms with van der Waals surface area (Å²) in [6, 6.07) is 0. The summed E-state index contributed by atoms with van der Waals surface area (Å²) in [6.45, 7) is 3.57. The van der Waals surface area contributed by atoms with Crippen LogP contribution >= 0.6 is 43.2 Å². The Morgan fingerprint density at radius 1 is 0.725 bits per heavy atom. The highest BCUT2D eigenvalue weighted by molar-refractivity contribution is 8.77. The van der Waals surface area contributed by atoms with Crippen LogP contribution in [0.1, 0.15) is 90.4 Å². The standard InChI is InChI=1S/C32H52N2O2S4/c1-2-3-4-5-6-7-8-9-10-11-12-13-14-15-16-17-18-22-31(35)33-25-28-37-38-29-26-34-32(36)23-20-19-21-30-24-27-39-40-30/h3-4,6-7,9-10,12-13,15-16,30H,2,5,8,11,14,17-29H2,1H3,(H,33,35)(H,34,36)/b4-3-,7-6-,10-9-,13-12-,16-15-/t30-/m1/s1. The van der Waals surface area contributed by atoms with Crippen molar-refractivity contribution in [3.05, 3.63) is 60.8 Å². The summed E-state index contributed by atoms with van der Waals surface area (Å²) in [5.74, 6) is 3.38. The predicted octanol–water partition coefficient (Wildman–Crippen LogP) is 9.24. The molecule has 40 heavy (non-hydrogen) atoms. The molecule has 1 atom stereocenters. The Morgan fingerprint density at radius 2 is 1.25 bits per heavy atom. The van der Waals surface area contributed by atoms with Crippen molar-refractivity contribution in [3.8, 4) is 0 Å². The summed E-state index contributed by atoms with van der Waals surface area (Å²) in [7, 11) is 7.51. The van der Waals surface area contributed by atoms with Gasteiger partial charge in [0.2, 0.25) is 11.8 Å². The molecule has 1 saturated heterocycles. The molecule has 1 aliphatic heterocycles. The van der Waals surface area contributed by atoms with Gasteiger partial charge in [0.25, 0.3) is 0 Å². The van der Waals surface area contributed by atoms with Crippen molar-refractivity contribution in [1.29, 1.82) is 0 Å². The van der Waals surface area contributed by atoms with E-state index in [1.165, 1.54) is 18.6 Å². The Kier molecular flexibility index (Phi) is 27.4. The molecule has 226 valence electrons. The van der Waals surface area contributed by atoms with Crippen LogP contribution < -0.4 is 10.6 Å². The number of carbonyl (C=O) groups excluding carboxylic acids is 2. The van der Waals surface area contributed by atoms with Crippen LogP contribution in [0.5, 0.6) is 0 Å². The first-order chi connectivity index (χ1) is 19.7. The lowest BCUT2D eigenvalue weighted by atomic mass is 10.1. The molecular weight excluding hydrogens is 573 g/mol. The summed E-state index contributed by atoms with van der Waals surface area (Å²) >= 11 is 0. The fraction of sp³-hybridized carbons (Fsp3) is 0.625. The smallest absolute Gasteiger partial charge is 0.220 e. The van der Waals surface area contributed by atoms with E-state index in [0.29, 0.717) is 25.9 Å². The van der Waals surface area contributed by atoms with Gasteiger partial charge in [-0.1, -0.05) is 117 Å². The monoisotopic (exact) mass is 624 g/mol. The van der Waals surface area contributed by atoms with Crippen molar-refractivity contribution in [2.24, 2.45) is 0 Å². The molecule has 2 amide bonds. The first-order valence-corrected chi connectivity index (χ1v) is 19.9. The van der Waals surface area contributed by atoms with E-state index in [2.05, 4.69) is 78.3 Å². The minimum atomic E-state index is 0.135. The minimum Gasteiger partial charge on any atom is -0.355 e. The summed E-state index contributed by atoms with van der Waals surface area (Å²) in [6.07, 6.45) is 34.8. The highest BCUT2D eigenvalue weighted by atomic mass is 33.1. The maximum atomic E-state index is 12.0. The van der Waals surface area contributed by atoms with E-state index in [9.17, 15) is 9.59 Å². The van der Waals surface area contributed by atoms with E-state index in [4.69, 9.17) is 0 Å². The highest BCUT2D eigenvalue weighted by Crippen LogP contribution is 2.39. The lowest BCUT2D eigenvalue weighted by Crippen LogP contribution is -2.26. The highest BCUT2D eigenvalue weighted by Gasteiger charge is 2.15. The van der Waals surface area contributed by atoms with E-state index in [0.717, 1.165) is 74.5 Å². The van der Waals surface area contributed by atoms with Gasteiger partial charge in [-0.3, -0.25) is 9.59 Å². The van der Waals surface area contributed by atoms with Gasteiger partial charge in [-0.15, -0.1) is 0 Å². The molecule has 4 nitrogen and oxygen atoms in total. The SMILES string of the molecule is CC/C=C\C/C=C\C/C=C\C/C=C\C/C=C\CCCC(=O)NCCSSCCNC(=O)CCCC[C@@H]1CCSS1. The normalized spacial score (nSPS) is 16.0. The van der Waals surface area contributed by atoms with Crippen LogP contribution in [0.4, 0.5) is 0 Å². The van der Waals surface area contributed by atoms with Crippen molar-refractivity contribution in [3.63, 3.8) is 0 Å². The maximum Gasteiger partial charge on any atom is 0.220 e. The van der Waals surface area contributed by atoms with E-state index in [1.54, 1.807) is 21.6 Å². The summed E-state index contributed by atoms with van der Waals surface area (Å²) < 4.78 is 0. The average Bonchev–Trinajstić information content (AvgIpc) is 3.48. The van der Waals surface area contributed by atoms with Gasteiger partial charge in [0.1, 0.15) is 0 Å². The number of amides is 2. The zero-order valence-corrected chi connectivity index (χ0v) is 27.8. The van der Waals surface area contributed by atoms with Crippen molar-refractivity contribution in [2.75, 3.05) is 30.3 Å². The molecule has 0 aliphatic carbocycles. The average molecular weight is 625 g/mol. The fourth-order valence-corrected chi connectivity index (χ4v) is 8.57. The van der Waals surface area contributed by atoms with Crippen LogP contribution in [-0.4, -0.2) is 47.4 Å². The third kappa shape index (κ3) is 26.0. The van der Waals surface area contributed by atoms with Crippen LogP contribution in [0.15, 0.2) is 60.8 Å². The number of unbranched alkanes of at least 4 members (excludes halogenated alkanes) is 2. The molecule has 0 aromatic rings. The number of allylic oxidation sites excluding steroid dienone is 10. The van der Waals surface area contributed by atoms with Gasteiger partial charge in [0, 0.05) is 48.4 Å². The largest absolute Gasteiger partial charge is 0.355 e. The van der Waals surface area contributed by atoms with Gasteiger partial charge in [0.15, 0.2) is 0 Å². The minimum absolute atomic E-state index is 0.135. The predicted molar refractivity (Wildman–Crippen MR) is 186 cm³/mol. The molecular formula is C32H52N2O2S4. The van der Waals surface area contributed by atoms with Crippen molar-refractivity contribution >= 4 is 55.0 Å². The quantitative estimate of drug-likeness (QED) is 0.0600. The zero-order valence-electron chi connectivity index (χ0n) is 24.5. The van der Waals surface area contributed by atoms with Crippen LogP contribution in [0.25, 0.3) is 0 Å². The molecule has 1 aliphatic rings. The third-order valence-corrected chi connectivity index (χ3v) is 11.4. The van der Waals surface area contributed by atoms with Gasteiger partial charge in [-0.05, 0) is 64.2 Å². The molecule has 1 fully saturated rings. The van der Waals surface area contributed by atoms with Crippen LogP contribution in [-0.2, 0) is 9.59 Å². The Bertz CT molecular complexity index is 775. The van der Waals surface area contributed by atoms with E-state index in [-0.39, 0.29) is 11.8 Å². The molecule has 1 heterocycles. The Labute approximate surface area is 260 Å². The molecule has 0 radical (unpaired) electrons. The van der Waals surface area contributed by atoms with Crippen LogP contribution in [0.3, 0.4) is 0 Å². The Morgan fingerprint density at radius 3 is 1.77 bits per heavy atom. The first kappa shape index (κ1) is 37.1. The second-order valence-corrected chi connectivity index (χ2v) is 15.0. The molecule has 1 rings (SSSR count). The van der Waals surface area contributed by atoms with Gasteiger partial charge in [-0.2, -0.15) is 0 Å². The summed E-state index contributed by atoms with van der Waals surface area (Å²) in [5.41, 5.74) is 0. The molecule has 0 aromatic carbocycles. The number of rotatable bonds is 25. The van der Waals surface area contributed by atoms with Crippen molar-refractivity contribution < 1.29 is 9.59 Å². The zero-order chi connectivity index (χ0) is 28.8. The first-order valence-electron chi connectivity index (χ1n) is 15.0. The molecule has 8 heteroatoms. The lowest BCUT2D eigenvalue weighted by molar-refractivity contribution is -0.121. The van der Waals surface area contributed by atoms with Crippen molar-refractivity contribution in [1.82, 2.24) is 10.6 Å². The maximum absolute atomic E-state index is 12.0. The molecule has 0 saturated carbocycles. The van der Waals surface area contributed by atoms with Gasteiger partial charge >= 0.3 is 0 Å².